The Kier molecular flexibility index (Phi) is 2.82. The number of hydrogen-bond donors (Lipinski definition) is 1. The molecule has 0 spiro atoms. The largest absolute Gasteiger partial charge is 0.493 e. The molecule has 0 saturated heterocycles. The van der Waals surface area contributed by atoms with E-state index >= 15 is 0 Å². The van der Waals surface area contributed by atoms with E-state index in [9.17, 15) is 5.11 Å². The van der Waals surface area contributed by atoms with Gasteiger partial charge in [0.1, 0.15) is 11.9 Å². The van der Waals surface area contributed by atoms with Crippen LogP contribution in [-0.2, 0) is 13.5 Å². The van der Waals surface area contributed by atoms with Gasteiger partial charge >= 0.3 is 0 Å². The zero-order valence-corrected chi connectivity index (χ0v) is 11.5. The number of para-hydroxylation sites is 1. The van der Waals surface area contributed by atoms with E-state index < -0.39 is 6.10 Å². The maximum absolute atomic E-state index is 10.7. The molecule has 0 aliphatic carbocycles. The summed E-state index contributed by atoms with van der Waals surface area (Å²) in [6.07, 6.45) is 0.239. The SMILES string of the molecule is Cc1nn(C)c(C)c1C(O)c1cccc2c1OCC2. The average molecular weight is 258 g/mol. The molecule has 100 valence electrons. The maximum Gasteiger partial charge on any atom is 0.128 e. The van der Waals surface area contributed by atoms with Crippen molar-refractivity contribution in [3.8, 4) is 5.75 Å². The van der Waals surface area contributed by atoms with E-state index in [1.807, 2.05) is 33.0 Å². The number of fused-ring (bicyclic) bond motifs is 1. The second-order valence-corrected chi connectivity index (χ2v) is 5.04. The van der Waals surface area contributed by atoms with Gasteiger partial charge in [-0.1, -0.05) is 18.2 Å². The number of aliphatic hydroxyl groups excluding tert-OH is 1. The van der Waals surface area contributed by atoms with Crippen molar-refractivity contribution in [2.24, 2.45) is 7.05 Å². The fraction of sp³-hybridized carbons (Fsp3) is 0.400. The third kappa shape index (κ3) is 1.83. The van der Waals surface area contributed by atoms with Crippen LogP contribution in [0, 0.1) is 13.8 Å². The van der Waals surface area contributed by atoms with Crippen LogP contribution in [0.4, 0.5) is 0 Å². The Morgan fingerprint density at radius 3 is 2.84 bits per heavy atom. The third-order valence-electron chi connectivity index (χ3n) is 3.88. The van der Waals surface area contributed by atoms with Gasteiger partial charge in [-0.3, -0.25) is 4.68 Å². The Bertz CT molecular complexity index is 631. The monoisotopic (exact) mass is 258 g/mol. The van der Waals surface area contributed by atoms with E-state index in [4.69, 9.17) is 4.74 Å². The van der Waals surface area contributed by atoms with Gasteiger partial charge < -0.3 is 9.84 Å². The molecule has 4 nitrogen and oxygen atoms in total. The van der Waals surface area contributed by atoms with Crippen LogP contribution in [-0.4, -0.2) is 21.5 Å². The second-order valence-electron chi connectivity index (χ2n) is 5.04. The van der Waals surface area contributed by atoms with Crippen molar-refractivity contribution in [1.82, 2.24) is 9.78 Å². The molecule has 1 N–H and O–H groups in total. The lowest BCUT2D eigenvalue weighted by atomic mass is 9.97. The molecule has 2 heterocycles. The normalized spacial score (nSPS) is 15.2. The molecular weight excluding hydrogens is 240 g/mol. The molecule has 0 saturated carbocycles. The van der Waals surface area contributed by atoms with E-state index in [1.165, 1.54) is 5.56 Å². The lowest BCUT2D eigenvalue weighted by Crippen LogP contribution is -2.05. The summed E-state index contributed by atoms with van der Waals surface area (Å²) >= 11 is 0. The fourth-order valence-corrected chi connectivity index (χ4v) is 2.80. The number of aromatic nitrogens is 2. The van der Waals surface area contributed by atoms with Crippen LogP contribution >= 0.6 is 0 Å². The lowest BCUT2D eigenvalue weighted by Gasteiger charge is -2.15. The molecule has 19 heavy (non-hydrogen) atoms. The van der Waals surface area contributed by atoms with E-state index in [0.29, 0.717) is 6.61 Å². The Labute approximate surface area is 112 Å². The molecular formula is C15H18N2O2. The van der Waals surface area contributed by atoms with E-state index in [0.717, 1.165) is 34.7 Å². The number of nitrogens with zero attached hydrogens (tertiary/aromatic N) is 2. The number of rotatable bonds is 2. The highest BCUT2D eigenvalue weighted by Crippen LogP contribution is 2.37. The van der Waals surface area contributed by atoms with Crippen LogP contribution in [0.3, 0.4) is 0 Å². The second kappa shape index (κ2) is 4.38. The highest BCUT2D eigenvalue weighted by Gasteiger charge is 2.25. The van der Waals surface area contributed by atoms with Crippen molar-refractivity contribution in [3.05, 3.63) is 46.3 Å². The van der Waals surface area contributed by atoms with Gasteiger partial charge in [0.25, 0.3) is 0 Å². The average Bonchev–Trinajstić information content (AvgIpc) is 2.94. The first-order chi connectivity index (χ1) is 9.09. The van der Waals surface area contributed by atoms with Crippen LogP contribution in [0.15, 0.2) is 18.2 Å². The fourth-order valence-electron chi connectivity index (χ4n) is 2.80. The molecule has 0 bridgehead atoms. The molecule has 1 atom stereocenters. The smallest absolute Gasteiger partial charge is 0.128 e. The molecule has 1 aliphatic rings. The van der Waals surface area contributed by atoms with E-state index in [2.05, 4.69) is 11.2 Å². The number of hydrogen-bond acceptors (Lipinski definition) is 3. The highest BCUT2D eigenvalue weighted by atomic mass is 16.5. The highest BCUT2D eigenvalue weighted by molar-refractivity contribution is 5.49. The van der Waals surface area contributed by atoms with Crippen LogP contribution in [0.25, 0.3) is 0 Å². The van der Waals surface area contributed by atoms with Gasteiger partial charge in [-0.25, -0.2) is 0 Å². The van der Waals surface area contributed by atoms with Crippen molar-refractivity contribution in [2.45, 2.75) is 26.4 Å². The maximum atomic E-state index is 10.7. The lowest BCUT2D eigenvalue weighted by molar-refractivity contribution is 0.212. The number of benzene rings is 1. The van der Waals surface area contributed by atoms with Gasteiger partial charge in [0.05, 0.1) is 12.3 Å². The molecule has 2 aromatic rings. The van der Waals surface area contributed by atoms with Crippen LogP contribution in [0.5, 0.6) is 5.75 Å². The molecule has 1 aromatic carbocycles. The summed E-state index contributed by atoms with van der Waals surface area (Å²) in [4.78, 5) is 0. The molecule has 1 unspecified atom stereocenters. The van der Waals surface area contributed by atoms with Gasteiger partial charge in [0, 0.05) is 30.3 Å². The Morgan fingerprint density at radius 2 is 2.16 bits per heavy atom. The molecule has 1 aromatic heterocycles. The quantitative estimate of drug-likeness (QED) is 0.897. The van der Waals surface area contributed by atoms with Gasteiger partial charge in [-0.15, -0.1) is 0 Å². The van der Waals surface area contributed by atoms with Crippen molar-refractivity contribution in [1.29, 1.82) is 0 Å². The summed E-state index contributed by atoms with van der Waals surface area (Å²) in [6, 6.07) is 5.97. The van der Waals surface area contributed by atoms with Gasteiger partial charge in [0.15, 0.2) is 0 Å². The molecule has 0 radical (unpaired) electrons. The zero-order chi connectivity index (χ0) is 13.6. The molecule has 0 amide bonds. The zero-order valence-electron chi connectivity index (χ0n) is 11.5. The summed E-state index contributed by atoms with van der Waals surface area (Å²) < 4.78 is 7.48. The van der Waals surface area contributed by atoms with Crippen molar-refractivity contribution in [3.63, 3.8) is 0 Å². The van der Waals surface area contributed by atoms with E-state index in [-0.39, 0.29) is 0 Å². The Hall–Kier alpha value is -1.81. The minimum Gasteiger partial charge on any atom is -0.493 e. The molecule has 3 rings (SSSR count). The molecule has 0 fully saturated rings. The summed E-state index contributed by atoms with van der Waals surface area (Å²) in [6.45, 7) is 4.60. The van der Waals surface area contributed by atoms with Crippen molar-refractivity contribution >= 4 is 0 Å². The van der Waals surface area contributed by atoms with Gasteiger partial charge in [-0.05, 0) is 19.4 Å². The van der Waals surface area contributed by atoms with E-state index in [1.54, 1.807) is 4.68 Å². The van der Waals surface area contributed by atoms with Crippen LogP contribution < -0.4 is 4.74 Å². The Morgan fingerprint density at radius 1 is 1.37 bits per heavy atom. The first-order valence-corrected chi connectivity index (χ1v) is 6.52. The first-order valence-electron chi connectivity index (χ1n) is 6.52. The number of ether oxygens (including phenoxy) is 1. The summed E-state index contributed by atoms with van der Waals surface area (Å²) in [5.74, 6) is 0.845. The predicted molar refractivity (Wildman–Crippen MR) is 72.4 cm³/mol. The first kappa shape index (κ1) is 12.2. The molecule has 4 heteroatoms. The summed E-state index contributed by atoms with van der Waals surface area (Å²) in [5, 5.41) is 15.1. The van der Waals surface area contributed by atoms with Crippen molar-refractivity contribution in [2.75, 3.05) is 6.61 Å². The van der Waals surface area contributed by atoms with Gasteiger partial charge in [0.2, 0.25) is 0 Å². The predicted octanol–water partition coefficient (Wildman–Crippen LogP) is 2.05. The summed E-state index contributed by atoms with van der Waals surface area (Å²) in [5.41, 5.74) is 4.75. The topological polar surface area (TPSA) is 47.3 Å². The van der Waals surface area contributed by atoms with Crippen molar-refractivity contribution < 1.29 is 9.84 Å². The van der Waals surface area contributed by atoms with Crippen LogP contribution in [0.2, 0.25) is 0 Å². The minimum absolute atomic E-state index is 0.679. The molecule has 1 aliphatic heterocycles. The third-order valence-corrected chi connectivity index (χ3v) is 3.88. The number of aliphatic hydroxyl groups is 1. The number of aryl methyl sites for hydroxylation is 2. The standard InChI is InChI=1S/C15H18N2O2/c1-9-13(10(2)17(3)16-9)14(18)12-6-4-5-11-7-8-19-15(11)12/h4-6,14,18H,7-8H2,1-3H3. The Balaban J connectivity index is 2.10. The summed E-state index contributed by atoms with van der Waals surface area (Å²) in [7, 11) is 1.89. The van der Waals surface area contributed by atoms with Gasteiger partial charge in [-0.2, -0.15) is 5.10 Å². The van der Waals surface area contributed by atoms with Crippen LogP contribution in [0.1, 0.15) is 34.2 Å². The minimum atomic E-state index is -0.679.